The van der Waals surface area contributed by atoms with Crippen molar-refractivity contribution >= 4 is 44.7 Å². The van der Waals surface area contributed by atoms with Crippen LogP contribution in [0.4, 0.5) is 11.4 Å². The molecule has 0 bridgehead atoms. The van der Waals surface area contributed by atoms with Gasteiger partial charge in [0.05, 0.1) is 26.5 Å². The van der Waals surface area contributed by atoms with Gasteiger partial charge in [-0.1, -0.05) is 12.1 Å². The van der Waals surface area contributed by atoms with Crippen molar-refractivity contribution in [2.75, 3.05) is 36.4 Å². The van der Waals surface area contributed by atoms with E-state index in [0.29, 0.717) is 31.7 Å². The molecule has 0 radical (unpaired) electrons. The topological polar surface area (TPSA) is 83.4 Å². The number of rotatable bonds is 5. The van der Waals surface area contributed by atoms with E-state index in [9.17, 15) is 9.59 Å². The molecule has 1 N–H and O–H groups in total. The number of hydrogen-bond donors (Lipinski definition) is 1. The standard InChI is InChI=1S/C26H28N6O2S/c1-17-14-18(2)32(29-17)16-25(33)31-12-10-30(11-13-31)23-7-5-4-6-21(23)26(34)28-20-8-9-22-24(15-20)35-19(3)27-22/h4-9,14-15H,10-13,16H2,1-3H3,(H,28,34). The molecule has 4 aromatic rings. The SMILES string of the molecule is Cc1cc(C)n(CC(=O)N2CCN(c3ccccc3C(=O)Nc3ccc4nc(C)sc4c3)CC2)n1. The second-order valence-electron chi connectivity index (χ2n) is 8.84. The van der Waals surface area contributed by atoms with Crippen molar-refractivity contribution in [3.8, 4) is 0 Å². The predicted octanol–water partition coefficient (Wildman–Crippen LogP) is 4.02. The number of para-hydroxylation sites is 1. The third-order valence-corrected chi connectivity index (χ3v) is 7.20. The van der Waals surface area contributed by atoms with Crippen molar-refractivity contribution in [2.24, 2.45) is 0 Å². The highest BCUT2D eigenvalue weighted by molar-refractivity contribution is 7.18. The van der Waals surface area contributed by atoms with Crippen LogP contribution in [0.2, 0.25) is 0 Å². The van der Waals surface area contributed by atoms with Crippen LogP contribution in [0.1, 0.15) is 26.8 Å². The Morgan fingerprint density at radius 3 is 2.51 bits per heavy atom. The number of anilines is 2. The van der Waals surface area contributed by atoms with Gasteiger partial charge in [-0.15, -0.1) is 11.3 Å². The van der Waals surface area contributed by atoms with E-state index in [1.54, 1.807) is 16.0 Å². The minimum Gasteiger partial charge on any atom is -0.367 e. The van der Waals surface area contributed by atoms with Crippen molar-refractivity contribution in [1.82, 2.24) is 19.7 Å². The Morgan fingerprint density at radius 1 is 1.00 bits per heavy atom. The fourth-order valence-corrected chi connectivity index (χ4v) is 5.38. The quantitative estimate of drug-likeness (QED) is 0.459. The number of nitrogens with zero attached hydrogens (tertiary/aromatic N) is 5. The van der Waals surface area contributed by atoms with Crippen molar-refractivity contribution in [3.05, 3.63) is 70.5 Å². The minimum absolute atomic E-state index is 0.0653. The zero-order chi connectivity index (χ0) is 24.5. The van der Waals surface area contributed by atoms with Gasteiger partial charge >= 0.3 is 0 Å². The molecule has 9 heteroatoms. The van der Waals surface area contributed by atoms with Gasteiger partial charge in [0, 0.05) is 43.2 Å². The summed E-state index contributed by atoms with van der Waals surface area (Å²) in [5, 5.41) is 8.44. The molecule has 1 aliphatic rings. The van der Waals surface area contributed by atoms with Crippen LogP contribution in [0.15, 0.2) is 48.5 Å². The average molecular weight is 489 g/mol. The molecule has 5 rings (SSSR count). The van der Waals surface area contributed by atoms with Crippen LogP contribution in [0.5, 0.6) is 0 Å². The number of fused-ring (bicyclic) bond motifs is 1. The summed E-state index contributed by atoms with van der Waals surface area (Å²) in [6.07, 6.45) is 0. The van der Waals surface area contributed by atoms with E-state index < -0.39 is 0 Å². The molecule has 1 fully saturated rings. The van der Waals surface area contributed by atoms with Gasteiger partial charge in [-0.2, -0.15) is 5.10 Å². The van der Waals surface area contributed by atoms with E-state index in [-0.39, 0.29) is 18.4 Å². The van der Waals surface area contributed by atoms with Crippen LogP contribution in [-0.4, -0.2) is 57.7 Å². The number of carbonyl (C=O) groups excluding carboxylic acids is 2. The summed E-state index contributed by atoms with van der Waals surface area (Å²) in [4.78, 5) is 34.6. The second kappa shape index (κ2) is 9.50. The normalized spacial score (nSPS) is 13.9. The number of piperazine rings is 1. The molecule has 2 amide bonds. The van der Waals surface area contributed by atoms with Gasteiger partial charge in [-0.3, -0.25) is 14.3 Å². The van der Waals surface area contributed by atoms with Gasteiger partial charge in [0.15, 0.2) is 0 Å². The van der Waals surface area contributed by atoms with E-state index in [1.807, 2.05) is 74.2 Å². The maximum absolute atomic E-state index is 13.2. The highest BCUT2D eigenvalue weighted by atomic mass is 32.1. The Balaban J connectivity index is 1.25. The molecule has 1 aliphatic heterocycles. The highest BCUT2D eigenvalue weighted by Crippen LogP contribution is 2.27. The molecule has 1 saturated heterocycles. The van der Waals surface area contributed by atoms with Gasteiger partial charge in [0.2, 0.25) is 5.91 Å². The number of carbonyl (C=O) groups is 2. The summed E-state index contributed by atoms with van der Waals surface area (Å²) in [6, 6.07) is 15.4. The van der Waals surface area contributed by atoms with Crippen LogP contribution in [0.3, 0.4) is 0 Å². The lowest BCUT2D eigenvalue weighted by molar-refractivity contribution is -0.132. The third-order valence-electron chi connectivity index (χ3n) is 6.26. The Morgan fingerprint density at radius 2 is 1.77 bits per heavy atom. The van der Waals surface area contributed by atoms with E-state index in [4.69, 9.17) is 0 Å². The lowest BCUT2D eigenvalue weighted by atomic mass is 10.1. The Bertz CT molecular complexity index is 1400. The molecule has 0 saturated carbocycles. The van der Waals surface area contributed by atoms with E-state index in [0.717, 1.165) is 38.0 Å². The van der Waals surface area contributed by atoms with E-state index in [1.165, 1.54) is 0 Å². The maximum Gasteiger partial charge on any atom is 0.257 e. The smallest absolute Gasteiger partial charge is 0.257 e. The van der Waals surface area contributed by atoms with Crippen LogP contribution in [0.25, 0.3) is 10.2 Å². The van der Waals surface area contributed by atoms with Gasteiger partial charge in [0.1, 0.15) is 6.54 Å². The third kappa shape index (κ3) is 4.90. The van der Waals surface area contributed by atoms with Gasteiger partial charge < -0.3 is 15.1 Å². The zero-order valence-corrected chi connectivity index (χ0v) is 20.9. The molecule has 0 atom stereocenters. The van der Waals surface area contributed by atoms with Gasteiger partial charge in [-0.05, 0) is 57.2 Å². The molecule has 180 valence electrons. The number of aromatic nitrogens is 3. The first kappa shape index (κ1) is 23.0. The first-order valence-corrected chi connectivity index (χ1v) is 12.5. The number of nitrogens with one attached hydrogen (secondary N) is 1. The summed E-state index contributed by atoms with van der Waals surface area (Å²) >= 11 is 1.61. The molecule has 0 spiro atoms. The lowest BCUT2D eigenvalue weighted by Crippen LogP contribution is -2.50. The number of benzene rings is 2. The molecule has 35 heavy (non-hydrogen) atoms. The monoisotopic (exact) mass is 488 g/mol. The minimum atomic E-state index is -0.149. The summed E-state index contributed by atoms with van der Waals surface area (Å²) in [6.45, 7) is 8.67. The molecule has 0 aliphatic carbocycles. The van der Waals surface area contributed by atoms with Crippen LogP contribution < -0.4 is 10.2 Å². The fraction of sp³-hybridized carbons (Fsp3) is 0.308. The van der Waals surface area contributed by atoms with Crippen LogP contribution >= 0.6 is 11.3 Å². The largest absolute Gasteiger partial charge is 0.367 e. The predicted molar refractivity (Wildman–Crippen MR) is 139 cm³/mol. The molecular weight excluding hydrogens is 460 g/mol. The summed E-state index contributed by atoms with van der Waals surface area (Å²) in [7, 11) is 0. The van der Waals surface area contributed by atoms with Crippen LogP contribution in [0, 0.1) is 20.8 Å². The van der Waals surface area contributed by atoms with Gasteiger partial charge in [0.25, 0.3) is 5.91 Å². The Labute approximate surface area is 208 Å². The molecule has 3 heterocycles. The summed E-state index contributed by atoms with van der Waals surface area (Å²) in [5.41, 5.74) is 5.09. The van der Waals surface area contributed by atoms with Crippen molar-refractivity contribution in [1.29, 1.82) is 0 Å². The maximum atomic E-state index is 13.2. The highest BCUT2D eigenvalue weighted by Gasteiger charge is 2.24. The Kier molecular flexibility index (Phi) is 6.25. The molecular formula is C26H28N6O2S. The average Bonchev–Trinajstić information content (AvgIpc) is 3.38. The second-order valence-corrected chi connectivity index (χ2v) is 10.1. The molecule has 0 unspecified atom stereocenters. The first-order valence-electron chi connectivity index (χ1n) is 11.7. The Hall–Kier alpha value is -3.72. The molecule has 2 aromatic carbocycles. The summed E-state index contributed by atoms with van der Waals surface area (Å²) < 4.78 is 2.81. The molecule has 2 aromatic heterocycles. The van der Waals surface area contributed by atoms with E-state index >= 15 is 0 Å². The van der Waals surface area contributed by atoms with Crippen molar-refractivity contribution in [3.63, 3.8) is 0 Å². The number of thiazole rings is 1. The first-order chi connectivity index (χ1) is 16.9. The number of amides is 2. The van der Waals surface area contributed by atoms with Gasteiger partial charge in [-0.25, -0.2) is 4.98 Å². The van der Waals surface area contributed by atoms with Crippen LogP contribution in [-0.2, 0) is 11.3 Å². The lowest BCUT2D eigenvalue weighted by Gasteiger charge is -2.37. The fourth-order valence-electron chi connectivity index (χ4n) is 4.52. The molecule has 8 nitrogen and oxygen atoms in total. The number of hydrogen-bond acceptors (Lipinski definition) is 6. The van der Waals surface area contributed by atoms with Crippen molar-refractivity contribution < 1.29 is 9.59 Å². The van der Waals surface area contributed by atoms with Crippen molar-refractivity contribution in [2.45, 2.75) is 27.3 Å². The zero-order valence-electron chi connectivity index (χ0n) is 20.1. The summed E-state index contributed by atoms with van der Waals surface area (Å²) in [5.74, 6) is -0.0835. The number of aryl methyl sites for hydroxylation is 3. The van der Waals surface area contributed by atoms with E-state index in [2.05, 4.69) is 20.3 Å².